The van der Waals surface area contributed by atoms with E-state index in [-0.39, 0.29) is 12.3 Å². The first-order valence-electron chi connectivity index (χ1n) is 6.28. The molecule has 0 saturated carbocycles. The van der Waals surface area contributed by atoms with Crippen molar-refractivity contribution in [3.05, 3.63) is 81.9 Å². The van der Waals surface area contributed by atoms with Crippen molar-refractivity contribution in [2.45, 2.75) is 6.61 Å². The lowest BCUT2D eigenvalue weighted by molar-refractivity contribution is -0.384. The van der Waals surface area contributed by atoms with Crippen LogP contribution in [-0.4, -0.2) is 10.9 Å². The molecule has 0 bridgehead atoms. The number of benzene rings is 2. The maximum Gasteiger partial charge on any atom is 0.331 e. The Labute approximate surface area is 121 Å². The molecular weight excluding hydrogens is 270 g/mol. The number of nitro groups is 1. The number of esters is 1. The third-order valence-electron chi connectivity index (χ3n) is 2.72. The van der Waals surface area contributed by atoms with E-state index in [4.69, 9.17) is 4.74 Å². The van der Waals surface area contributed by atoms with Gasteiger partial charge in [-0.25, -0.2) is 4.79 Å². The van der Waals surface area contributed by atoms with E-state index in [1.807, 2.05) is 30.3 Å². The van der Waals surface area contributed by atoms with E-state index in [2.05, 4.69) is 0 Å². The molecule has 2 aromatic rings. The molecule has 106 valence electrons. The number of hydrogen-bond acceptors (Lipinski definition) is 4. The van der Waals surface area contributed by atoms with Gasteiger partial charge in [0.05, 0.1) is 4.92 Å². The van der Waals surface area contributed by atoms with Gasteiger partial charge >= 0.3 is 5.97 Å². The van der Waals surface area contributed by atoms with E-state index < -0.39 is 10.9 Å². The summed E-state index contributed by atoms with van der Waals surface area (Å²) in [5, 5.41) is 10.6. The van der Waals surface area contributed by atoms with Crippen molar-refractivity contribution in [3.63, 3.8) is 0 Å². The third-order valence-corrected chi connectivity index (χ3v) is 2.72. The summed E-state index contributed by atoms with van der Waals surface area (Å²) in [5.41, 5.74) is 1.45. The van der Waals surface area contributed by atoms with Gasteiger partial charge in [-0.3, -0.25) is 10.1 Å². The molecule has 0 aliphatic rings. The van der Waals surface area contributed by atoms with Crippen LogP contribution in [0.25, 0.3) is 6.08 Å². The number of ether oxygens (including phenoxy) is 1. The maximum atomic E-state index is 11.6. The number of carbonyl (C=O) groups is 1. The first kappa shape index (κ1) is 14.5. The number of non-ortho nitro benzene ring substituents is 1. The second-order valence-corrected chi connectivity index (χ2v) is 4.28. The topological polar surface area (TPSA) is 69.4 Å². The first-order chi connectivity index (χ1) is 10.1. The largest absolute Gasteiger partial charge is 0.458 e. The van der Waals surface area contributed by atoms with Crippen LogP contribution in [0.4, 0.5) is 5.69 Å². The summed E-state index contributed by atoms with van der Waals surface area (Å²) in [5.74, 6) is -0.495. The zero-order chi connectivity index (χ0) is 15.1. The van der Waals surface area contributed by atoms with Crippen molar-refractivity contribution in [1.82, 2.24) is 0 Å². The summed E-state index contributed by atoms with van der Waals surface area (Å²) in [6.45, 7) is 0.193. The molecule has 0 aliphatic carbocycles. The van der Waals surface area contributed by atoms with Crippen molar-refractivity contribution in [1.29, 1.82) is 0 Å². The van der Waals surface area contributed by atoms with Crippen molar-refractivity contribution >= 4 is 17.7 Å². The second-order valence-electron chi connectivity index (χ2n) is 4.28. The number of nitro benzene ring substituents is 1. The summed E-state index contributed by atoms with van der Waals surface area (Å²) in [7, 11) is 0. The van der Waals surface area contributed by atoms with Crippen LogP contribution < -0.4 is 0 Å². The molecule has 0 N–H and O–H groups in total. The summed E-state index contributed by atoms with van der Waals surface area (Å²) in [6.07, 6.45) is 2.74. The highest BCUT2D eigenvalue weighted by Crippen LogP contribution is 2.14. The average molecular weight is 283 g/mol. The molecule has 5 heteroatoms. The number of rotatable bonds is 5. The lowest BCUT2D eigenvalue weighted by Gasteiger charge is -2.01. The second kappa shape index (κ2) is 7.00. The van der Waals surface area contributed by atoms with Crippen LogP contribution in [-0.2, 0) is 16.1 Å². The number of hydrogen-bond donors (Lipinski definition) is 0. The predicted molar refractivity (Wildman–Crippen MR) is 78.4 cm³/mol. The van der Waals surface area contributed by atoms with Gasteiger partial charge in [0, 0.05) is 18.2 Å². The Morgan fingerprint density at radius 2 is 1.90 bits per heavy atom. The highest BCUT2D eigenvalue weighted by Gasteiger charge is 2.04. The summed E-state index contributed by atoms with van der Waals surface area (Å²) in [4.78, 5) is 21.7. The van der Waals surface area contributed by atoms with Gasteiger partial charge in [0.15, 0.2) is 0 Å². The predicted octanol–water partition coefficient (Wildman–Crippen LogP) is 3.35. The maximum absolute atomic E-state index is 11.6. The van der Waals surface area contributed by atoms with Crippen molar-refractivity contribution in [2.75, 3.05) is 0 Å². The highest BCUT2D eigenvalue weighted by atomic mass is 16.6. The molecule has 2 aromatic carbocycles. The molecule has 0 heterocycles. The quantitative estimate of drug-likeness (QED) is 0.365. The van der Waals surface area contributed by atoms with Crippen molar-refractivity contribution < 1.29 is 14.5 Å². The summed E-state index contributed by atoms with van der Waals surface area (Å²) < 4.78 is 5.07. The minimum Gasteiger partial charge on any atom is -0.458 e. The Hall–Kier alpha value is -2.95. The third kappa shape index (κ3) is 4.58. The van der Waals surface area contributed by atoms with Crippen LogP contribution in [0.2, 0.25) is 0 Å². The Morgan fingerprint density at radius 3 is 2.62 bits per heavy atom. The molecule has 0 fully saturated rings. The minimum absolute atomic E-state index is 0.0187. The Bertz CT molecular complexity index is 665. The molecule has 0 unspecified atom stereocenters. The van der Waals surface area contributed by atoms with Crippen molar-refractivity contribution in [3.8, 4) is 0 Å². The standard InChI is InChI=1S/C16H13NO4/c18-16(21-12-14-5-2-1-3-6-14)10-9-13-7-4-8-15(11-13)17(19)20/h1-11H,12H2/b10-9+. The molecule has 21 heavy (non-hydrogen) atoms. The molecule has 0 amide bonds. The fraction of sp³-hybridized carbons (Fsp3) is 0.0625. The van der Waals surface area contributed by atoms with E-state index >= 15 is 0 Å². The summed E-state index contributed by atoms with van der Waals surface area (Å²) in [6, 6.07) is 15.3. The highest BCUT2D eigenvalue weighted by molar-refractivity contribution is 5.87. The van der Waals surface area contributed by atoms with Gasteiger partial charge in [-0.2, -0.15) is 0 Å². The van der Waals surface area contributed by atoms with Crippen LogP contribution in [0.1, 0.15) is 11.1 Å². The van der Waals surface area contributed by atoms with E-state index in [1.165, 1.54) is 24.3 Å². The average Bonchev–Trinajstić information content (AvgIpc) is 2.52. The Balaban J connectivity index is 1.93. The van der Waals surface area contributed by atoms with Crippen molar-refractivity contribution in [2.24, 2.45) is 0 Å². The molecule has 2 rings (SSSR count). The van der Waals surface area contributed by atoms with Crippen LogP contribution in [0.3, 0.4) is 0 Å². The lowest BCUT2D eigenvalue weighted by Crippen LogP contribution is -2.00. The van der Waals surface area contributed by atoms with Crippen LogP contribution in [0.15, 0.2) is 60.7 Å². The lowest BCUT2D eigenvalue weighted by atomic mass is 10.2. The molecule has 0 atom stereocenters. The molecule has 5 nitrogen and oxygen atoms in total. The SMILES string of the molecule is O=C(/C=C/c1cccc([N+](=O)[O-])c1)OCc1ccccc1. The normalized spacial score (nSPS) is 10.5. The van der Waals surface area contributed by atoms with Gasteiger partial charge in [-0.05, 0) is 17.2 Å². The summed E-state index contributed by atoms with van der Waals surface area (Å²) >= 11 is 0. The Morgan fingerprint density at radius 1 is 1.14 bits per heavy atom. The van der Waals surface area contributed by atoms with E-state index in [9.17, 15) is 14.9 Å². The van der Waals surface area contributed by atoms with E-state index in [0.29, 0.717) is 5.56 Å². The molecule has 0 radical (unpaired) electrons. The molecule has 0 aromatic heterocycles. The van der Waals surface area contributed by atoms with Gasteiger partial charge in [-0.15, -0.1) is 0 Å². The van der Waals surface area contributed by atoms with Gasteiger partial charge < -0.3 is 4.74 Å². The van der Waals surface area contributed by atoms with Gasteiger partial charge in [-0.1, -0.05) is 42.5 Å². The Kier molecular flexibility index (Phi) is 4.82. The molecule has 0 aliphatic heterocycles. The number of nitrogens with zero attached hydrogens (tertiary/aromatic N) is 1. The number of carbonyl (C=O) groups excluding carboxylic acids is 1. The molecule has 0 saturated heterocycles. The van der Waals surface area contributed by atoms with Crippen LogP contribution >= 0.6 is 0 Å². The fourth-order valence-electron chi connectivity index (χ4n) is 1.68. The van der Waals surface area contributed by atoms with Crippen LogP contribution in [0.5, 0.6) is 0 Å². The molecule has 0 spiro atoms. The van der Waals surface area contributed by atoms with Gasteiger partial charge in [0.2, 0.25) is 0 Å². The minimum atomic E-state index is -0.495. The smallest absolute Gasteiger partial charge is 0.331 e. The zero-order valence-electron chi connectivity index (χ0n) is 11.1. The zero-order valence-corrected chi connectivity index (χ0v) is 11.1. The fourth-order valence-corrected chi connectivity index (χ4v) is 1.68. The van der Waals surface area contributed by atoms with Gasteiger partial charge in [0.25, 0.3) is 5.69 Å². The monoisotopic (exact) mass is 283 g/mol. The van der Waals surface area contributed by atoms with Crippen LogP contribution in [0, 0.1) is 10.1 Å². The molecular formula is C16H13NO4. The van der Waals surface area contributed by atoms with Gasteiger partial charge in [0.1, 0.15) is 6.61 Å². The van der Waals surface area contributed by atoms with E-state index in [1.54, 1.807) is 12.1 Å². The van der Waals surface area contributed by atoms with E-state index in [0.717, 1.165) is 5.56 Å². The first-order valence-corrected chi connectivity index (χ1v) is 6.28.